The summed E-state index contributed by atoms with van der Waals surface area (Å²) in [5.74, 6) is -0.788. The molecule has 122 valence electrons. The van der Waals surface area contributed by atoms with Gasteiger partial charge in [0, 0.05) is 23.4 Å². The van der Waals surface area contributed by atoms with Crippen molar-refractivity contribution < 1.29 is 8.78 Å². The maximum absolute atomic E-state index is 14.1. The maximum Gasteiger partial charge on any atom is 0.137 e. The van der Waals surface area contributed by atoms with Crippen LogP contribution in [-0.4, -0.2) is 10.3 Å². The van der Waals surface area contributed by atoms with Gasteiger partial charge in [-0.2, -0.15) is 0 Å². The van der Waals surface area contributed by atoms with Gasteiger partial charge in [-0.05, 0) is 53.4 Å². The van der Waals surface area contributed by atoms with Crippen molar-refractivity contribution in [3.63, 3.8) is 0 Å². The first-order valence-electron chi connectivity index (χ1n) is 7.66. The first-order chi connectivity index (χ1) is 11.0. The summed E-state index contributed by atoms with van der Waals surface area (Å²) < 4.78 is 30.2. The van der Waals surface area contributed by atoms with Crippen molar-refractivity contribution in [2.45, 2.75) is 37.6 Å². The molecule has 1 aliphatic rings. The molecule has 1 nitrogen and oxygen atoms in total. The van der Waals surface area contributed by atoms with Crippen molar-refractivity contribution in [2.24, 2.45) is 0 Å². The highest BCUT2D eigenvalue weighted by molar-refractivity contribution is 9.10. The number of nitrogens with zero attached hydrogens (tertiary/aromatic N) is 1. The molecule has 2 aromatic carbocycles. The van der Waals surface area contributed by atoms with Crippen molar-refractivity contribution >= 4 is 27.9 Å². The van der Waals surface area contributed by atoms with Crippen LogP contribution in [-0.2, 0) is 6.54 Å². The molecule has 1 saturated heterocycles. The van der Waals surface area contributed by atoms with E-state index in [0.717, 1.165) is 12.8 Å². The van der Waals surface area contributed by atoms with E-state index in [1.54, 1.807) is 11.9 Å². The summed E-state index contributed by atoms with van der Waals surface area (Å²) in [5.41, 5.74) is 1.69. The van der Waals surface area contributed by atoms with Crippen LogP contribution in [0.25, 0.3) is 0 Å². The van der Waals surface area contributed by atoms with Gasteiger partial charge >= 0.3 is 0 Å². The van der Waals surface area contributed by atoms with E-state index < -0.39 is 5.82 Å². The van der Waals surface area contributed by atoms with Crippen LogP contribution in [0.15, 0.2) is 46.9 Å². The summed E-state index contributed by atoms with van der Waals surface area (Å²) >= 11 is 4.76. The highest BCUT2D eigenvalue weighted by Crippen LogP contribution is 2.43. The van der Waals surface area contributed by atoms with Crippen molar-refractivity contribution in [1.29, 1.82) is 0 Å². The average Bonchev–Trinajstić information content (AvgIpc) is 2.55. The Morgan fingerprint density at radius 1 is 1.13 bits per heavy atom. The first-order valence-corrected chi connectivity index (χ1v) is 9.29. The summed E-state index contributed by atoms with van der Waals surface area (Å²) in [6.07, 6.45) is 2.15. The van der Waals surface area contributed by atoms with E-state index in [9.17, 15) is 8.78 Å². The molecule has 0 spiro atoms. The lowest BCUT2D eigenvalue weighted by atomic mass is 10.0. The summed E-state index contributed by atoms with van der Waals surface area (Å²) in [7, 11) is 0. The highest BCUT2D eigenvalue weighted by Gasteiger charge is 2.28. The summed E-state index contributed by atoms with van der Waals surface area (Å²) in [4.78, 5) is 0. The molecule has 0 N–H and O–H groups in total. The topological polar surface area (TPSA) is 3.24 Å². The molecule has 0 amide bonds. The molecule has 1 aliphatic heterocycles. The van der Waals surface area contributed by atoms with E-state index in [-0.39, 0.29) is 10.3 Å². The minimum atomic E-state index is -0.421. The summed E-state index contributed by atoms with van der Waals surface area (Å²) in [6, 6.07) is 13.2. The fraction of sp³-hybridized carbons (Fsp3) is 0.333. The lowest BCUT2D eigenvalue weighted by Crippen LogP contribution is -2.31. The number of halogens is 3. The Labute approximate surface area is 148 Å². The third-order valence-electron chi connectivity index (χ3n) is 4.19. The van der Waals surface area contributed by atoms with Crippen LogP contribution >= 0.6 is 27.9 Å². The van der Waals surface area contributed by atoms with Crippen LogP contribution in [0, 0.1) is 11.6 Å². The summed E-state index contributed by atoms with van der Waals surface area (Å²) in [5, 5.41) is 0.371. The van der Waals surface area contributed by atoms with E-state index >= 15 is 0 Å². The minimum Gasteiger partial charge on any atom is -0.243 e. The smallest absolute Gasteiger partial charge is 0.137 e. The second-order valence-corrected chi connectivity index (χ2v) is 7.97. The predicted molar refractivity (Wildman–Crippen MR) is 95.1 cm³/mol. The van der Waals surface area contributed by atoms with E-state index in [0.29, 0.717) is 23.4 Å². The van der Waals surface area contributed by atoms with E-state index in [2.05, 4.69) is 39.3 Å². The number of benzene rings is 2. The van der Waals surface area contributed by atoms with Crippen molar-refractivity contribution in [1.82, 2.24) is 4.31 Å². The Hall–Kier alpha value is -0.910. The SMILES string of the molecule is CC1CCC(c2ccccc2)SN1Cc1cc(F)c(Br)cc1F. The molecular formula is C18H18BrF2NS. The van der Waals surface area contributed by atoms with Crippen molar-refractivity contribution in [3.05, 3.63) is 69.7 Å². The van der Waals surface area contributed by atoms with Crippen LogP contribution in [0.2, 0.25) is 0 Å². The van der Waals surface area contributed by atoms with E-state index in [1.165, 1.54) is 17.7 Å². The molecule has 3 rings (SSSR count). The zero-order valence-corrected chi connectivity index (χ0v) is 15.2. The Morgan fingerprint density at radius 2 is 1.87 bits per heavy atom. The van der Waals surface area contributed by atoms with Gasteiger partial charge in [0.15, 0.2) is 0 Å². The van der Waals surface area contributed by atoms with Gasteiger partial charge in [-0.25, -0.2) is 13.1 Å². The van der Waals surface area contributed by atoms with Gasteiger partial charge in [0.05, 0.1) is 4.47 Å². The van der Waals surface area contributed by atoms with Gasteiger partial charge in [0.1, 0.15) is 11.6 Å². The number of hydrogen-bond acceptors (Lipinski definition) is 2. The molecular weight excluding hydrogens is 380 g/mol. The Balaban J connectivity index is 1.77. The second kappa shape index (κ2) is 7.32. The fourth-order valence-electron chi connectivity index (χ4n) is 2.80. The van der Waals surface area contributed by atoms with Crippen LogP contribution in [0.1, 0.15) is 36.1 Å². The lowest BCUT2D eigenvalue weighted by molar-refractivity contribution is 0.316. The van der Waals surface area contributed by atoms with Crippen molar-refractivity contribution in [3.8, 4) is 0 Å². The normalized spacial score (nSPS) is 22.3. The molecule has 2 unspecified atom stereocenters. The van der Waals surface area contributed by atoms with Gasteiger partial charge in [-0.15, -0.1) is 0 Å². The molecule has 2 atom stereocenters. The molecule has 1 heterocycles. The molecule has 23 heavy (non-hydrogen) atoms. The van der Waals surface area contributed by atoms with Gasteiger partial charge in [-0.1, -0.05) is 42.3 Å². The quantitative estimate of drug-likeness (QED) is 0.454. The molecule has 0 radical (unpaired) electrons. The van der Waals surface area contributed by atoms with Crippen LogP contribution in [0.5, 0.6) is 0 Å². The zero-order valence-electron chi connectivity index (χ0n) is 12.8. The molecule has 0 aliphatic carbocycles. The Morgan fingerprint density at radius 3 is 2.61 bits per heavy atom. The Bertz CT molecular complexity index is 680. The van der Waals surface area contributed by atoms with Gasteiger partial charge in [0.25, 0.3) is 0 Å². The maximum atomic E-state index is 14.1. The fourth-order valence-corrected chi connectivity index (χ4v) is 4.49. The highest BCUT2D eigenvalue weighted by atomic mass is 79.9. The van der Waals surface area contributed by atoms with E-state index in [1.807, 2.05) is 18.2 Å². The third kappa shape index (κ3) is 3.95. The molecule has 5 heteroatoms. The average molecular weight is 398 g/mol. The predicted octanol–water partition coefficient (Wildman–Crippen LogP) is 6.10. The number of hydrogen-bond donors (Lipinski definition) is 0. The molecule has 1 fully saturated rings. The molecule has 0 aromatic heterocycles. The standard InChI is InChI=1S/C18H18BrF2NS/c1-12-7-8-18(13-5-3-2-4-6-13)23-22(12)11-14-9-17(21)15(19)10-16(14)20/h2-6,9-10,12,18H,7-8,11H2,1H3. The summed E-state index contributed by atoms with van der Waals surface area (Å²) in [6.45, 7) is 2.55. The lowest BCUT2D eigenvalue weighted by Gasteiger charge is -2.37. The van der Waals surface area contributed by atoms with Gasteiger partial charge < -0.3 is 0 Å². The van der Waals surface area contributed by atoms with Crippen LogP contribution < -0.4 is 0 Å². The molecule has 0 saturated carbocycles. The first kappa shape index (κ1) is 16.9. The van der Waals surface area contributed by atoms with Crippen LogP contribution in [0.3, 0.4) is 0 Å². The molecule has 2 aromatic rings. The van der Waals surface area contributed by atoms with Gasteiger partial charge in [0.2, 0.25) is 0 Å². The second-order valence-electron chi connectivity index (χ2n) is 5.86. The van der Waals surface area contributed by atoms with E-state index in [4.69, 9.17) is 0 Å². The third-order valence-corrected chi connectivity index (χ3v) is 6.32. The monoisotopic (exact) mass is 397 g/mol. The van der Waals surface area contributed by atoms with Crippen molar-refractivity contribution in [2.75, 3.05) is 0 Å². The number of rotatable bonds is 3. The largest absolute Gasteiger partial charge is 0.243 e. The molecule has 0 bridgehead atoms. The zero-order chi connectivity index (χ0) is 16.4. The minimum absolute atomic E-state index is 0.167. The van der Waals surface area contributed by atoms with Crippen LogP contribution in [0.4, 0.5) is 8.78 Å². The Kier molecular flexibility index (Phi) is 5.39. The van der Waals surface area contributed by atoms with Gasteiger partial charge in [-0.3, -0.25) is 0 Å².